The molecule has 0 amide bonds. The van der Waals surface area contributed by atoms with Gasteiger partial charge >= 0.3 is 6.18 Å². The molecule has 1 N–H and O–H groups in total. The first-order valence-corrected chi connectivity index (χ1v) is 6.81. The van der Waals surface area contributed by atoms with Crippen molar-refractivity contribution in [2.24, 2.45) is 0 Å². The Hall–Kier alpha value is -1.49. The van der Waals surface area contributed by atoms with Gasteiger partial charge in [0.25, 0.3) is 0 Å². The summed E-state index contributed by atoms with van der Waals surface area (Å²) in [6.45, 7) is 3.54. The molecule has 0 aliphatic heterocycles. The van der Waals surface area contributed by atoms with Crippen LogP contribution in [0.15, 0.2) is 24.3 Å². The molecule has 0 fully saturated rings. The van der Waals surface area contributed by atoms with Gasteiger partial charge in [-0.1, -0.05) is 6.07 Å². The van der Waals surface area contributed by atoms with Crippen LogP contribution in [-0.2, 0) is 19.1 Å². The van der Waals surface area contributed by atoms with Crippen molar-refractivity contribution in [3.63, 3.8) is 0 Å². The highest BCUT2D eigenvalue weighted by atomic mass is 19.4. The third kappa shape index (κ3) is 2.98. The largest absolute Gasteiger partial charge is 0.416 e. The Labute approximate surface area is 116 Å². The fraction of sp³-hybridized carbons (Fsp3) is 0.467. The van der Waals surface area contributed by atoms with Crippen LogP contribution in [0.5, 0.6) is 0 Å². The first-order valence-electron chi connectivity index (χ1n) is 6.81. The van der Waals surface area contributed by atoms with Crippen LogP contribution in [0.2, 0.25) is 0 Å². The van der Waals surface area contributed by atoms with E-state index >= 15 is 0 Å². The van der Waals surface area contributed by atoms with Crippen molar-refractivity contribution >= 4 is 10.9 Å². The topological polar surface area (TPSA) is 17.0 Å². The van der Waals surface area contributed by atoms with Gasteiger partial charge in [0.1, 0.15) is 0 Å². The van der Waals surface area contributed by atoms with E-state index in [9.17, 15) is 13.2 Å². The van der Waals surface area contributed by atoms with Gasteiger partial charge in [-0.2, -0.15) is 13.2 Å². The standard InChI is InChI=1S/C15H19F3N2/c1-3-20-13(5-4-8-19-2)9-11-6-7-12(10-14(11)20)15(16,17)18/h6-7,9-10,19H,3-5,8H2,1-2H3. The van der Waals surface area contributed by atoms with Crippen molar-refractivity contribution in [1.29, 1.82) is 0 Å². The van der Waals surface area contributed by atoms with Crippen molar-refractivity contribution < 1.29 is 13.2 Å². The molecule has 2 nitrogen and oxygen atoms in total. The summed E-state index contributed by atoms with van der Waals surface area (Å²) in [5, 5.41) is 3.95. The molecule has 0 aliphatic rings. The zero-order valence-corrected chi connectivity index (χ0v) is 11.7. The number of nitrogens with zero attached hydrogens (tertiary/aromatic N) is 1. The summed E-state index contributed by atoms with van der Waals surface area (Å²) in [4.78, 5) is 0. The van der Waals surface area contributed by atoms with E-state index in [0.717, 1.165) is 36.5 Å². The lowest BCUT2D eigenvalue weighted by atomic mass is 10.1. The quantitative estimate of drug-likeness (QED) is 0.826. The Bertz CT molecular complexity index is 585. The Morgan fingerprint density at radius 2 is 1.95 bits per heavy atom. The Kier molecular flexibility index (Phi) is 4.38. The summed E-state index contributed by atoms with van der Waals surface area (Å²) in [6, 6.07) is 5.96. The van der Waals surface area contributed by atoms with Crippen molar-refractivity contribution in [3.05, 3.63) is 35.5 Å². The maximum Gasteiger partial charge on any atom is 0.416 e. The second-order valence-electron chi connectivity index (χ2n) is 4.86. The third-order valence-corrected chi connectivity index (χ3v) is 3.49. The van der Waals surface area contributed by atoms with Crippen LogP contribution >= 0.6 is 0 Å². The molecule has 0 bridgehead atoms. The first kappa shape index (κ1) is 14.9. The Balaban J connectivity index is 2.41. The number of aromatic nitrogens is 1. The number of aryl methyl sites for hydroxylation is 2. The molecule has 0 spiro atoms. The molecular formula is C15H19F3N2. The minimum absolute atomic E-state index is 0.584. The monoisotopic (exact) mass is 284 g/mol. The number of hydrogen-bond donors (Lipinski definition) is 1. The predicted octanol–water partition coefficient (Wildman–Crippen LogP) is 3.83. The molecule has 1 aromatic heterocycles. The maximum atomic E-state index is 12.8. The van der Waals surface area contributed by atoms with Gasteiger partial charge in [-0.15, -0.1) is 0 Å². The lowest BCUT2D eigenvalue weighted by Gasteiger charge is -2.10. The molecule has 20 heavy (non-hydrogen) atoms. The second-order valence-corrected chi connectivity index (χ2v) is 4.86. The van der Waals surface area contributed by atoms with Gasteiger partial charge < -0.3 is 9.88 Å². The van der Waals surface area contributed by atoms with Crippen LogP contribution < -0.4 is 5.32 Å². The van der Waals surface area contributed by atoms with Gasteiger partial charge in [0.2, 0.25) is 0 Å². The number of rotatable bonds is 5. The lowest BCUT2D eigenvalue weighted by molar-refractivity contribution is -0.137. The van der Waals surface area contributed by atoms with E-state index in [-0.39, 0.29) is 0 Å². The molecule has 0 unspecified atom stereocenters. The van der Waals surface area contributed by atoms with Crippen molar-refractivity contribution in [2.75, 3.05) is 13.6 Å². The van der Waals surface area contributed by atoms with Crippen LogP contribution in [-0.4, -0.2) is 18.2 Å². The van der Waals surface area contributed by atoms with Crippen molar-refractivity contribution in [2.45, 2.75) is 32.5 Å². The van der Waals surface area contributed by atoms with E-state index < -0.39 is 11.7 Å². The van der Waals surface area contributed by atoms with Crippen LogP contribution in [0.4, 0.5) is 13.2 Å². The number of halogens is 3. The van der Waals surface area contributed by atoms with Gasteiger partial charge in [0.05, 0.1) is 5.56 Å². The molecule has 2 aromatic rings. The van der Waals surface area contributed by atoms with Gasteiger partial charge in [0, 0.05) is 17.8 Å². The van der Waals surface area contributed by atoms with Gasteiger partial charge in [-0.3, -0.25) is 0 Å². The molecule has 0 saturated heterocycles. The highest BCUT2D eigenvalue weighted by Gasteiger charge is 2.30. The number of hydrogen-bond acceptors (Lipinski definition) is 1. The van der Waals surface area contributed by atoms with Crippen LogP contribution in [0.1, 0.15) is 24.6 Å². The van der Waals surface area contributed by atoms with E-state index in [0.29, 0.717) is 12.1 Å². The molecule has 0 radical (unpaired) electrons. The number of alkyl halides is 3. The predicted molar refractivity (Wildman–Crippen MR) is 74.9 cm³/mol. The Morgan fingerprint density at radius 1 is 1.20 bits per heavy atom. The summed E-state index contributed by atoms with van der Waals surface area (Å²) in [7, 11) is 1.89. The number of nitrogens with one attached hydrogen (secondary N) is 1. The average molecular weight is 284 g/mol. The van der Waals surface area contributed by atoms with Gasteiger partial charge in [-0.25, -0.2) is 0 Å². The second kappa shape index (κ2) is 5.87. The van der Waals surface area contributed by atoms with E-state index in [4.69, 9.17) is 0 Å². The molecular weight excluding hydrogens is 265 g/mol. The van der Waals surface area contributed by atoms with Gasteiger partial charge in [-0.05, 0) is 56.9 Å². The highest BCUT2D eigenvalue weighted by molar-refractivity contribution is 5.82. The smallest absolute Gasteiger partial charge is 0.345 e. The number of benzene rings is 1. The first-order chi connectivity index (χ1) is 9.47. The van der Waals surface area contributed by atoms with E-state index in [1.54, 1.807) is 6.07 Å². The summed E-state index contributed by atoms with van der Waals surface area (Å²) in [5.41, 5.74) is 1.18. The maximum absolute atomic E-state index is 12.8. The van der Waals surface area contributed by atoms with E-state index in [1.165, 1.54) is 6.07 Å². The van der Waals surface area contributed by atoms with Crippen LogP contribution in [0.25, 0.3) is 10.9 Å². The SMILES string of the molecule is CCn1c(CCCNC)cc2ccc(C(F)(F)F)cc21. The molecule has 2 rings (SSSR count). The fourth-order valence-electron chi connectivity index (χ4n) is 2.51. The summed E-state index contributed by atoms with van der Waals surface area (Å²) < 4.78 is 40.3. The molecule has 0 saturated carbocycles. The summed E-state index contributed by atoms with van der Waals surface area (Å²) >= 11 is 0. The zero-order valence-electron chi connectivity index (χ0n) is 11.7. The molecule has 1 aromatic carbocycles. The van der Waals surface area contributed by atoms with Crippen LogP contribution in [0, 0.1) is 0 Å². The normalized spacial score (nSPS) is 12.2. The number of fused-ring (bicyclic) bond motifs is 1. The molecule has 0 atom stereocenters. The third-order valence-electron chi connectivity index (χ3n) is 3.49. The lowest BCUT2D eigenvalue weighted by Crippen LogP contribution is -2.10. The average Bonchev–Trinajstić information content (AvgIpc) is 2.74. The van der Waals surface area contributed by atoms with Crippen molar-refractivity contribution in [1.82, 2.24) is 9.88 Å². The molecule has 110 valence electrons. The minimum atomic E-state index is -4.29. The van der Waals surface area contributed by atoms with Gasteiger partial charge in [0.15, 0.2) is 0 Å². The zero-order chi connectivity index (χ0) is 14.8. The van der Waals surface area contributed by atoms with Crippen molar-refractivity contribution in [3.8, 4) is 0 Å². The Morgan fingerprint density at radius 3 is 2.55 bits per heavy atom. The summed E-state index contributed by atoms with van der Waals surface area (Å²) in [5.74, 6) is 0. The van der Waals surface area contributed by atoms with E-state index in [1.807, 2.05) is 24.6 Å². The van der Waals surface area contributed by atoms with Crippen LogP contribution in [0.3, 0.4) is 0 Å². The molecule has 5 heteroatoms. The molecule has 0 aliphatic carbocycles. The van der Waals surface area contributed by atoms with E-state index in [2.05, 4.69) is 5.32 Å². The minimum Gasteiger partial charge on any atom is -0.345 e. The fourth-order valence-corrected chi connectivity index (χ4v) is 2.51. The highest BCUT2D eigenvalue weighted by Crippen LogP contribution is 2.32. The summed E-state index contributed by atoms with van der Waals surface area (Å²) in [6.07, 6.45) is -2.45. The molecule has 1 heterocycles.